The molecule has 0 unspecified atom stereocenters. The fourth-order valence-electron chi connectivity index (χ4n) is 2.25. The summed E-state index contributed by atoms with van der Waals surface area (Å²) in [5, 5.41) is 26.2. The molecular weight excluding hydrogens is 324 g/mol. The molecule has 1 N–H and O–H groups in total. The number of non-ortho nitro benzene ring substituents is 1. The molecule has 0 saturated carbocycles. The predicted molar refractivity (Wildman–Crippen MR) is 96.0 cm³/mol. The Morgan fingerprint density at radius 3 is 2.32 bits per heavy atom. The highest BCUT2D eigenvalue weighted by atomic mass is 16.6. The van der Waals surface area contributed by atoms with Crippen LogP contribution in [-0.2, 0) is 0 Å². The third-order valence-corrected chi connectivity index (χ3v) is 3.57. The molecule has 0 heterocycles. The molecule has 0 fully saturated rings. The number of nitro benzene ring substituents is 2. The van der Waals surface area contributed by atoms with E-state index in [-0.39, 0.29) is 11.4 Å². The normalized spacial score (nSPS) is 11.2. The number of anilines is 1. The monoisotopic (exact) mass is 342 g/mol. The molecule has 0 aliphatic rings. The molecule has 0 atom stereocenters. The highest BCUT2D eigenvalue weighted by Crippen LogP contribution is 2.29. The highest BCUT2D eigenvalue weighted by molar-refractivity contribution is 6.01. The van der Waals surface area contributed by atoms with Crippen LogP contribution in [-0.4, -0.2) is 15.6 Å². The van der Waals surface area contributed by atoms with E-state index in [1.807, 2.05) is 38.1 Å². The number of hydrazone groups is 1. The molecule has 130 valence electrons. The van der Waals surface area contributed by atoms with Gasteiger partial charge in [0, 0.05) is 6.07 Å². The molecule has 2 aromatic rings. The van der Waals surface area contributed by atoms with Gasteiger partial charge in [-0.15, -0.1) is 0 Å². The topological polar surface area (TPSA) is 111 Å². The Labute approximate surface area is 144 Å². The summed E-state index contributed by atoms with van der Waals surface area (Å²) >= 11 is 0. The molecule has 0 bridgehead atoms. The molecule has 2 rings (SSSR count). The summed E-state index contributed by atoms with van der Waals surface area (Å²) in [6, 6.07) is 11.2. The fourth-order valence-corrected chi connectivity index (χ4v) is 2.25. The van der Waals surface area contributed by atoms with E-state index in [9.17, 15) is 20.2 Å². The molecule has 0 aliphatic carbocycles. The minimum Gasteiger partial charge on any atom is -0.271 e. The van der Waals surface area contributed by atoms with E-state index in [0.29, 0.717) is 6.42 Å². The summed E-state index contributed by atoms with van der Waals surface area (Å²) in [6.45, 7) is 4.00. The standard InChI is InChI=1S/C17H18N4O4/c1-3-4-15(13-7-5-12(2)6-8-13)18-19-16-10-9-14(20(22)23)11-17(16)21(24)25/h5-11,19H,3-4H2,1-2H3/b18-15+. The lowest BCUT2D eigenvalue weighted by molar-refractivity contribution is -0.393. The number of rotatable bonds is 7. The van der Waals surface area contributed by atoms with Crippen molar-refractivity contribution in [3.8, 4) is 0 Å². The Morgan fingerprint density at radius 2 is 1.76 bits per heavy atom. The molecule has 0 spiro atoms. The molecular formula is C17H18N4O4. The summed E-state index contributed by atoms with van der Waals surface area (Å²) in [7, 11) is 0. The Balaban J connectivity index is 2.35. The van der Waals surface area contributed by atoms with Gasteiger partial charge < -0.3 is 0 Å². The summed E-state index contributed by atoms with van der Waals surface area (Å²) < 4.78 is 0. The molecule has 8 nitrogen and oxygen atoms in total. The predicted octanol–water partition coefficient (Wildman–Crippen LogP) is 4.43. The van der Waals surface area contributed by atoms with Gasteiger partial charge in [0.1, 0.15) is 5.69 Å². The van der Waals surface area contributed by atoms with Crippen molar-refractivity contribution >= 4 is 22.8 Å². The first kappa shape index (κ1) is 18.1. The van der Waals surface area contributed by atoms with Crippen LogP contribution in [0.2, 0.25) is 0 Å². The molecule has 0 radical (unpaired) electrons. The maximum atomic E-state index is 11.2. The number of hydrogen-bond donors (Lipinski definition) is 1. The molecule has 2 aromatic carbocycles. The maximum absolute atomic E-state index is 11.2. The lowest BCUT2D eigenvalue weighted by atomic mass is 10.0. The van der Waals surface area contributed by atoms with E-state index in [1.54, 1.807) is 0 Å². The van der Waals surface area contributed by atoms with Gasteiger partial charge in [-0.3, -0.25) is 25.7 Å². The largest absolute Gasteiger partial charge is 0.301 e. The molecule has 8 heteroatoms. The van der Waals surface area contributed by atoms with Crippen molar-refractivity contribution in [3.63, 3.8) is 0 Å². The van der Waals surface area contributed by atoms with Gasteiger partial charge in [-0.05, 0) is 25.0 Å². The second-order valence-corrected chi connectivity index (χ2v) is 5.50. The quantitative estimate of drug-likeness (QED) is 0.454. The van der Waals surface area contributed by atoms with Crippen molar-refractivity contribution in [2.45, 2.75) is 26.7 Å². The van der Waals surface area contributed by atoms with Crippen LogP contribution in [0.1, 0.15) is 30.9 Å². The second kappa shape index (κ2) is 8.00. The minimum atomic E-state index is -0.672. The van der Waals surface area contributed by atoms with Gasteiger partial charge in [0.15, 0.2) is 0 Å². The smallest absolute Gasteiger partial charge is 0.271 e. The van der Waals surface area contributed by atoms with Crippen molar-refractivity contribution in [3.05, 3.63) is 73.8 Å². The average molecular weight is 342 g/mol. The number of aryl methyl sites for hydroxylation is 1. The zero-order valence-corrected chi connectivity index (χ0v) is 13.9. The average Bonchev–Trinajstić information content (AvgIpc) is 2.59. The zero-order chi connectivity index (χ0) is 18.4. The maximum Gasteiger partial charge on any atom is 0.301 e. The molecule has 0 aliphatic heterocycles. The Bertz CT molecular complexity index is 816. The van der Waals surface area contributed by atoms with Crippen LogP contribution in [0, 0.1) is 27.2 Å². The van der Waals surface area contributed by atoms with E-state index >= 15 is 0 Å². The summed E-state index contributed by atoms with van der Waals surface area (Å²) in [5.74, 6) is 0. The first-order valence-electron chi connectivity index (χ1n) is 7.74. The van der Waals surface area contributed by atoms with Crippen LogP contribution >= 0.6 is 0 Å². The minimum absolute atomic E-state index is 0.108. The van der Waals surface area contributed by atoms with Crippen molar-refractivity contribution in [2.75, 3.05) is 5.43 Å². The fraction of sp³-hybridized carbons (Fsp3) is 0.235. The van der Waals surface area contributed by atoms with Crippen LogP contribution in [0.5, 0.6) is 0 Å². The third-order valence-electron chi connectivity index (χ3n) is 3.57. The van der Waals surface area contributed by atoms with E-state index in [0.717, 1.165) is 29.3 Å². The lowest BCUT2D eigenvalue weighted by Gasteiger charge is -2.08. The highest BCUT2D eigenvalue weighted by Gasteiger charge is 2.19. The molecule has 25 heavy (non-hydrogen) atoms. The summed E-state index contributed by atoms with van der Waals surface area (Å²) in [5.41, 5.74) is 4.86. The summed E-state index contributed by atoms with van der Waals surface area (Å²) in [4.78, 5) is 20.6. The van der Waals surface area contributed by atoms with Crippen LogP contribution in [0.3, 0.4) is 0 Å². The molecule has 0 aromatic heterocycles. The van der Waals surface area contributed by atoms with E-state index in [4.69, 9.17) is 0 Å². The SMILES string of the molecule is CCC/C(=N\Nc1ccc([N+](=O)[O-])cc1[N+](=O)[O-])c1ccc(C)cc1. The van der Waals surface area contributed by atoms with Crippen LogP contribution in [0.4, 0.5) is 17.1 Å². The van der Waals surface area contributed by atoms with Crippen LogP contribution in [0.15, 0.2) is 47.6 Å². The van der Waals surface area contributed by atoms with Crippen molar-refractivity contribution in [2.24, 2.45) is 5.10 Å². The Morgan fingerprint density at radius 1 is 1.08 bits per heavy atom. The molecule has 0 amide bonds. The second-order valence-electron chi connectivity index (χ2n) is 5.50. The first-order chi connectivity index (χ1) is 11.9. The van der Waals surface area contributed by atoms with Gasteiger partial charge in [0.25, 0.3) is 5.69 Å². The van der Waals surface area contributed by atoms with Gasteiger partial charge in [-0.2, -0.15) is 5.10 Å². The van der Waals surface area contributed by atoms with Gasteiger partial charge in [-0.25, -0.2) is 0 Å². The van der Waals surface area contributed by atoms with Crippen molar-refractivity contribution in [1.82, 2.24) is 0 Å². The zero-order valence-electron chi connectivity index (χ0n) is 13.9. The van der Waals surface area contributed by atoms with Crippen molar-refractivity contribution in [1.29, 1.82) is 0 Å². The van der Waals surface area contributed by atoms with Gasteiger partial charge in [-0.1, -0.05) is 43.2 Å². The van der Waals surface area contributed by atoms with Crippen LogP contribution in [0.25, 0.3) is 0 Å². The van der Waals surface area contributed by atoms with Gasteiger partial charge in [0.2, 0.25) is 0 Å². The number of nitrogens with one attached hydrogen (secondary N) is 1. The van der Waals surface area contributed by atoms with E-state index in [1.165, 1.54) is 12.1 Å². The van der Waals surface area contributed by atoms with E-state index < -0.39 is 15.5 Å². The number of benzene rings is 2. The number of hydrogen-bond acceptors (Lipinski definition) is 6. The van der Waals surface area contributed by atoms with Gasteiger partial charge >= 0.3 is 5.69 Å². The Kier molecular flexibility index (Phi) is 5.78. The number of nitrogens with zero attached hydrogens (tertiary/aromatic N) is 3. The lowest BCUT2D eigenvalue weighted by Crippen LogP contribution is -2.05. The third kappa shape index (κ3) is 4.60. The van der Waals surface area contributed by atoms with Crippen LogP contribution < -0.4 is 5.43 Å². The van der Waals surface area contributed by atoms with Crippen molar-refractivity contribution < 1.29 is 9.85 Å². The van der Waals surface area contributed by atoms with Gasteiger partial charge in [0.05, 0.1) is 21.6 Å². The van der Waals surface area contributed by atoms with E-state index in [2.05, 4.69) is 10.5 Å². The number of nitro groups is 2. The first-order valence-corrected chi connectivity index (χ1v) is 7.74. The molecule has 0 saturated heterocycles. The summed E-state index contributed by atoms with van der Waals surface area (Å²) in [6.07, 6.45) is 1.55. The Hall–Kier alpha value is -3.29.